The molecule has 0 aromatic carbocycles. The van der Waals surface area contributed by atoms with E-state index in [0.29, 0.717) is 12.0 Å². The lowest BCUT2D eigenvalue weighted by atomic mass is 10.4. The van der Waals surface area contributed by atoms with Crippen molar-refractivity contribution in [3.63, 3.8) is 0 Å². The number of carbonyl (C=O) groups excluding carboxylic acids is 2. The van der Waals surface area contributed by atoms with E-state index in [2.05, 4.69) is 0 Å². The molecule has 0 spiro atoms. The van der Waals surface area contributed by atoms with E-state index in [1.54, 1.807) is 25.1 Å². The molecule has 0 unspecified atom stereocenters. The Bertz CT molecular complexity index is 192. The van der Waals surface area contributed by atoms with Crippen molar-refractivity contribution in [3.8, 4) is 0 Å². The Morgan fingerprint density at radius 1 is 1.18 bits per heavy atom. The van der Waals surface area contributed by atoms with Crippen molar-refractivity contribution >= 4 is 12.6 Å². The maximum atomic E-state index is 10.3. The molecule has 0 aromatic heterocycles. The van der Waals surface area contributed by atoms with E-state index >= 15 is 0 Å². The topological polar surface area (TPSA) is 37.4 Å². The second kappa shape index (κ2) is 5.41. The van der Waals surface area contributed by atoms with Gasteiger partial charge in [0.25, 0.3) is 0 Å². The van der Waals surface area contributed by atoms with Gasteiger partial charge < -0.3 is 4.90 Å². The summed E-state index contributed by atoms with van der Waals surface area (Å²) in [6.07, 6.45) is 5.81. The first-order chi connectivity index (χ1) is 5.22. The van der Waals surface area contributed by atoms with Gasteiger partial charge in [0.2, 0.25) is 0 Å². The average molecular weight is 153 g/mol. The minimum Gasteiger partial charge on any atom is -0.375 e. The molecule has 3 nitrogen and oxygen atoms in total. The zero-order valence-corrected chi connectivity index (χ0v) is 6.65. The standard InChI is InChI=1S/C8H11NO2/c1-9(2)8(7-11)5-3-4-6-10/h3-7H,1-2H3/b4-3-,8-5-. The van der Waals surface area contributed by atoms with E-state index in [1.807, 2.05) is 0 Å². The Labute approximate surface area is 66.0 Å². The first-order valence-corrected chi connectivity index (χ1v) is 3.17. The van der Waals surface area contributed by atoms with E-state index in [0.717, 1.165) is 6.29 Å². The molecule has 0 rings (SSSR count). The predicted octanol–water partition coefficient (Wildman–Crippen LogP) is 0.386. The molecule has 11 heavy (non-hydrogen) atoms. The molecule has 0 aliphatic rings. The van der Waals surface area contributed by atoms with Crippen LogP contribution in [0.25, 0.3) is 0 Å². The van der Waals surface area contributed by atoms with Crippen LogP contribution in [-0.4, -0.2) is 31.6 Å². The molecule has 0 atom stereocenters. The van der Waals surface area contributed by atoms with Crippen LogP contribution in [-0.2, 0) is 9.59 Å². The van der Waals surface area contributed by atoms with Gasteiger partial charge in [0.15, 0.2) is 6.29 Å². The smallest absolute Gasteiger partial charge is 0.166 e. The van der Waals surface area contributed by atoms with Gasteiger partial charge >= 0.3 is 0 Å². The van der Waals surface area contributed by atoms with Crippen molar-refractivity contribution in [1.29, 1.82) is 0 Å². The highest BCUT2D eigenvalue weighted by Gasteiger charge is 1.92. The van der Waals surface area contributed by atoms with Crippen molar-refractivity contribution in [2.45, 2.75) is 0 Å². The molecule has 60 valence electrons. The van der Waals surface area contributed by atoms with Crippen LogP contribution < -0.4 is 0 Å². The number of likely N-dealkylation sites (N-methyl/N-ethyl adjacent to an activating group) is 1. The zero-order valence-electron chi connectivity index (χ0n) is 6.65. The highest BCUT2D eigenvalue weighted by atomic mass is 16.1. The van der Waals surface area contributed by atoms with Crippen LogP contribution in [0, 0.1) is 0 Å². The van der Waals surface area contributed by atoms with Crippen LogP contribution in [0.2, 0.25) is 0 Å². The largest absolute Gasteiger partial charge is 0.375 e. The quantitative estimate of drug-likeness (QED) is 0.333. The lowest BCUT2D eigenvalue weighted by Crippen LogP contribution is -2.11. The summed E-state index contributed by atoms with van der Waals surface area (Å²) < 4.78 is 0. The lowest BCUT2D eigenvalue weighted by Gasteiger charge is -2.09. The van der Waals surface area contributed by atoms with Crippen LogP contribution >= 0.6 is 0 Å². The molecule has 0 aliphatic heterocycles. The van der Waals surface area contributed by atoms with E-state index < -0.39 is 0 Å². The Hall–Kier alpha value is -1.38. The van der Waals surface area contributed by atoms with Crippen LogP contribution in [0.15, 0.2) is 23.9 Å². The van der Waals surface area contributed by atoms with Crippen LogP contribution in [0.5, 0.6) is 0 Å². The Morgan fingerprint density at radius 3 is 2.18 bits per heavy atom. The lowest BCUT2D eigenvalue weighted by molar-refractivity contribution is -0.106. The number of hydrogen-bond acceptors (Lipinski definition) is 3. The minimum absolute atomic E-state index is 0.531. The average Bonchev–Trinajstić information content (AvgIpc) is 1.97. The Balaban J connectivity index is 4.23. The van der Waals surface area contributed by atoms with Crippen molar-refractivity contribution in [1.82, 2.24) is 4.90 Å². The molecule has 0 heterocycles. The third kappa shape index (κ3) is 4.08. The van der Waals surface area contributed by atoms with Gasteiger partial charge in [-0.3, -0.25) is 9.59 Å². The molecular weight excluding hydrogens is 142 g/mol. The minimum atomic E-state index is 0.531. The summed E-state index contributed by atoms with van der Waals surface area (Å²) in [4.78, 5) is 21.8. The van der Waals surface area contributed by atoms with Crippen LogP contribution in [0.3, 0.4) is 0 Å². The third-order valence-corrected chi connectivity index (χ3v) is 1.09. The van der Waals surface area contributed by atoms with Gasteiger partial charge in [0, 0.05) is 14.1 Å². The third-order valence-electron chi connectivity index (χ3n) is 1.09. The van der Waals surface area contributed by atoms with Crippen molar-refractivity contribution in [2.24, 2.45) is 0 Å². The fourth-order valence-corrected chi connectivity index (χ4v) is 0.493. The first-order valence-electron chi connectivity index (χ1n) is 3.17. The fourth-order valence-electron chi connectivity index (χ4n) is 0.493. The summed E-state index contributed by atoms with van der Waals surface area (Å²) in [6, 6.07) is 0. The Kier molecular flexibility index (Phi) is 4.73. The highest BCUT2D eigenvalue weighted by Crippen LogP contribution is 1.93. The first kappa shape index (κ1) is 9.62. The fraction of sp³-hybridized carbons (Fsp3) is 0.250. The Morgan fingerprint density at radius 2 is 1.82 bits per heavy atom. The molecule has 0 radical (unpaired) electrons. The molecule has 3 heteroatoms. The van der Waals surface area contributed by atoms with E-state index in [4.69, 9.17) is 0 Å². The van der Waals surface area contributed by atoms with Gasteiger partial charge in [-0.15, -0.1) is 0 Å². The molecule has 0 saturated carbocycles. The molecule has 0 aliphatic carbocycles. The second-order valence-electron chi connectivity index (χ2n) is 2.12. The van der Waals surface area contributed by atoms with Gasteiger partial charge in [-0.05, 0) is 12.2 Å². The molecule has 0 saturated heterocycles. The van der Waals surface area contributed by atoms with Crippen molar-refractivity contribution < 1.29 is 9.59 Å². The summed E-state index contributed by atoms with van der Waals surface area (Å²) in [6.45, 7) is 0. The van der Waals surface area contributed by atoms with E-state index in [-0.39, 0.29) is 0 Å². The summed E-state index contributed by atoms with van der Waals surface area (Å²) in [5.74, 6) is 0. The van der Waals surface area contributed by atoms with Crippen LogP contribution in [0.1, 0.15) is 0 Å². The van der Waals surface area contributed by atoms with Gasteiger partial charge in [-0.1, -0.05) is 6.08 Å². The summed E-state index contributed by atoms with van der Waals surface area (Å²) in [7, 11) is 3.52. The van der Waals surface area contributed by atoms with Crippen molar-refractivity contribution in [2.75, 3.05) is 14.1 Å². The van der Waals surface area contributed by atoms with Gasteiger partial charge in [-0.2, -0.15) is 0 Å². The second-order valence-corrected chi connectivity index (χ2v) is 2.12. The molecule has 0 bridgehead atoms. The summed E-state index contributed by atoms with van der Waals surface area (Å²) >= 11 is 0. The molecule has 0 aromatic rings. The number of aldehydes is 2. The number of nitrogens with zero attached hydrogens (tertiary/aromatic N) is 1. The maximum Gasteiger partial charge on any atom is 0.166 e. The SMILES string of the molecule is CN(C)/C(C=O)=C\C=C/C=O. The molecule has 0 N–H and O–H groups in total. The normalized spacial score (nSPS) is 11.6. The maximum absolute atomic E-state index is 10.3. The number of hydrogen-bond donors (Lipinski definition) is 0. The monoisotopic (exact) mass is 153 g/mol. The molecular formula is C8H11NO2. The predicted molar refractivity (Wildman–Crippen MR) is 43.0 cm³/mol. The molecule has 0 amide bonds. The number of rotatable bonds is 4. The van der Waals surface area contributed by atoms with E-state index in [9.17, 15) is 9.59 Å². The zero-order chi connectivity index (χ0) is 8.69. The van der Waals surface area contributed by atoms with Gasteiger partial charge in [0.05, 0.1) is 5.70 Å². The highest BCUT2D eigenvalue weighted by molar-refractivity contribution is 5.73. The van der Waals surface area contributed by atoms with Crippen LogP contribution in [0.4, 0.5) is 0 Å². The van der Waals surface area contributed by atoms with E-state index in [1.165, 1.54) is 12.2 Å². The van der Waals surface area contributed by atoms with Crippen molar-refractivity contribution in [3.05, 3.63) is 23.9 Å². The number of carbonyl (C=O) groups is 2. The van der Waals surface area contributed by atoms with Gasteiger partial charge in [0.1, 0.15) is 6.29 Å². The summed E-state index contributed by atoms with van der Waals surface area (Å²) in [5.41, 5.74) is 0.531. The molecule has 0 fully saturated rings. The summed E-state index contributed by atoms with van der Waals surface area (Å²) in [5, 5.41) is 0. The number of allylic oxidation sites excluding steroid dienone is 4. The van der Waals surface area contributed by atoms with Gasteiger partial charge in [-0.25, -0.2) is 0 Å².